The van der Waals surface area contributed by atoms with E-state index in [4.69, 9.17) is 11.6 Å². The van der Waals surface area contributed by atoms with Gasteiger partial charge in [-0.1, -0.05) is 11.6 Å². The molecule has 0 spiro atoms. The molecule has 0 aromatic carbocycles. The molecule has 100 valence electrons. The minimum atomic E-state index is -0.462. The smallest absolute Gasteiger partial charge is 0.285 e. The Bertz CT molecular complexity index is 470. The molecule has 1 rings (SSSR count). The van der Waals surface area contributed by atoms with Gasteiger partial charge in [0.05, 0.1) is 18.4 Å². The molecule has 0 saturated heterocycles. The molecule has 0 bridgehead atoms. The molecule has 1 amide bonds. The zero-order valence-corrected chi connectivity index (χ0v) is 11.5. The minimum Gasteiger partial charge on any atom is -0.363 e. The fourth-order valence-electron chi connectivity index (χ4n) is 1.60. The standard InChI is InChI=1S/C11H17ClN4O2/c1-4-16(5-2)9(17)7-15(3)8-6-13-14-11(18)10(8)12/h6H,4-5,7H2,1-3H3,(H,14,18). The second-order valence-corrected chi connectivity index (χ2v) is 4.20. The summed E-state index contributed by atoms with van der Waals surface area (Å²) in [5, 5.41) is 5.95. The van der Waals surface area contributed by atoms with E-state index in [0.29, 0.717) is 18.8 Å². The minimum absolute atomic E-state index is 0.0150. The number of amides is 1. The molecular weight excluding hydrogens is 256 g/mol. The molecule has 0 radical (unpaired) electrons. The lowest BCUT2D eigenvalue weighted by atomic mass is 10.3. The monoisotopic (exact) mass is 272 g/mol. The van der Waals surface area contributed by atoms with Crippen molar-refractivity contribution in [1.82, 2.24) is 15.1 Å². The molecule has 1 aromatic heterocycles. The summed E-state index contributed by atoms with van der Waals surface area (Å²) in [6.45, 7) is 5.31. The highest BCUT2D eigenvalue weighted by Crippen LogP contribution is 2.18. The van der Waals surface area contributed by atoms with E-state index in [-0.39, 0.29) is 17.5 Å². The molecule has 0 unspecified atom stereocenters. The van der Waals surface area contributed by atoms with Gasteiger partial charge in [-0.25, -0.2) is 5.10 Å². The molecule has 0 aliphatic heterocycles. The van der Waals surface area contributed by atoms with Crippen molar-refractivity contribution in [2.75, 3.05) is 31.6 Å². The van der Waals surface area contributed by atoms with Crippen LogP contribution in [0.4, 0.5) is 5.69 Å². The van der Waals surface area contributed by atoms with Crippen molar-refractivity contribution in [3.05, 3.63) is 21.6 Å². The Morgan fingerprint density at radius 3 is 2.61 bits per heavy atom. The van der Waals surface area contributed by atoms with Gasteiger partial charge >= 0.3 is 0 Å². The van der Waals surface area contributed by atoms with Gasteiger partial charge in [0.2, 0.25) is 5.91 Å². The number of carbonyl (C=O) groups excluding carboxylic acids is 1. The molecule has 6 nitrogen and oxygen atoms in total. The maximum absolute atomic E-state index is 11.9. The molecule has 7 heteroatoms. The number of nitrogens with zero attached hydrogens (tertiary/aromatic N) is 3. The van der Waals surface area contributed by atoms with Crippen LogP contribution in [0.1, 0.15) is 13.8 Å². The number of hydrogen-bond donors (Lipinski definition) is 1. The van der Waals surface area contributed by atoms with E-state index in [1.807, 2.05) is 13.8 Å². The number of nitrogens with one attached hydrogen (secondary N) is 1. The lowest BCUT2D eigenvalue weighted by molar-refractivity contribution is -0.129. The number of anilines is 1. The number of hydrogen-bond acceptors (Lipinski definition) is 4. The van der Waals surface area contributed by atoms with Gasteiger partial charge in [0, 0.05) is 20.1 Å². The summed E-state index contributed by atoms with van der Waals surface area (Å²) in [6.07, 6.45) is 1.43. The third kappa shape index (κ3) is 3.22. The zero-order chi connectivity index (χ0) is 13.7. The normalized spacial score (nSPS) is 10.2. The van der Waals surface area contributed by atoms with Crippen LogP contribution < -0.4 is 10.5 Å². The average molecular weight is 273 g/mol. The van der Waals surface area contributed by atoms with E-state index in [1.54, 1.807) is 16.8 Å². The summed E-state index contributed by atoms with van der Waals surface area (Å²) in [6, 6.07) is 0. The number of rotatable bonds is 5. The van der Waals surface area contributed by atoms with Crippen LogP contribution in [0.25, 0.3) is 0 Å². The quantitative estimate of drug-likeness (QED) is 0.858. The maximum Gasteiger partial charge on any atom is 0.285 e. The van der Waals surface area contributed by atoms with Crippen LogP contribution in [0.5, 0.6) is 0 Å². The Morgan fingerprint density at radius 1 is 1.44 bits per heavy atom. The third-order valence-electron chi connectivity index (χ3n) is 2.68. The predicted molar refractivity (Wildman–Crippen MR) is 71.1 cm³/mol. The molecular formula is C11H17ClN4O2. The highest BCUT2D eigenvalue weighted by molar-refractivity contribution is 6.33. The van der Waals surface area contributed by atoms with Gasteiger partial charge < -0.3 is 9.80 Å². The van der Waals surface area contributed by atoms with Gasteiger partial charge in [-0.3, -0.25) is 9.59 Å². The highest BCUT2D eigenvalue weighted by atomic mass is 35.5. The summed E-state index contributed by atoms with van der Waals surface area (Å²) in [5.74, 6) is -0.0150. The van der Waals surface area contributed by atoms with Crippen molar-refractivity contribution < 1.29 is 4.79 Å². The van der Waals surface area contributed by atoms with Gasteiger partial charge in [-0.2, -0.15) is 5.10 Å². The molecule has 1 aromatic rings. The van der Waals surface area contributed by atoms with Gasteiger partial charge in [0.15, 0.2) is 0 Å². The Kier molecular flexibility index (Phi) is 5.15. The molecule has 0 atom stereocenters. The number of likely N-dealkylation sites (N-methyl/N-ethyl adjacent to an activating group) is 2. The van der Waals surface area contributed by atoms with E-state index < -0.39 is 5.56 Å². The number of halogens is 1. The van der Waals surface area contributed by atoms with Crippen LogP contribution in [0.15, 0.2) is 11.0 Å². The largest absolute Gasteiger partial charge is 0.363 e. The molecule has 0 aliphatic carbocycles. The van der Waals surface area contributed by atoms with Crippen LogP contribution in [-0.4, -0.2) is 47.7 Å². The number of H-pyrrole nitrogens is 1. The van der Waals surface area contributed by atoms with E-state index in [2.05, 4.69) is 10.2 Å². The van der Waals surface area contributed by atoms with Crippen molar-refractivity contribution in [1.29, 1.82) is 0 Å². The van der Waals surface area contributed by atoms with Crippen LogP contribution >= 0.6 is 11.6 Å². The first-order valence-corrected chi connectivity index (χ1v) is 6.11. The first kappa shape index (κ1) is 14.5. The van der Waals surface area contributed by atoms with Gasteiger partial charge in [-0.15, -0.1) is 0 Å². The predicted octanol–water partition coefficient (Wildman–Crippen LogP) is 0.728. The Morgan fingerprint density at radius 2 is 2.06 bits per heavy atom. The lowest BCUT2D eigenvalue weighted by Gasteiger charge is -2.24. The Hall–Kier alpha value is -1.56. The summed E-state index contributed by atoms with van der Waals surface area (Å²) >= 11 is 5.87. The summed E-state index contributed by atoms with van der Waals surface area (Å²) in [4.78, 5) is 26.6. The second-order valence-electron chi connectivity index (χ2n) is 3.82. The van der Waals surface area contributed by atoms with Crippen molar-refractivity contribution in [2.45, 2.75) is 13.8 Å². The van der Waals surface area contributed by atoms with Crippen molar-refractivity contribution in [2.24, 2.45) is 0 Å². The SMILES string of the molecule is CCN(CC)C(=O)CN(C)c1cn[nH]c(=O)c1Cl. The first-order valence-electron chi connectivity index (χ1n) is 5.73. The molecule has 0 fully saturated rings. The zero-order valence-electron chi connectivity index (χ0n) is 10.7. The maximum atomic E-state index is 11.9. The summed E-state index contributed by atoms with van der Waals surface area (Å²) in [5.41, 5.74) is -0.0165. The first-order chi connectivity index (χ1) is 8.51. The van der Waals surface area contributed by atoms with Crippen molar-refractivity contribution >= 4 is 23.2 Å². The fraction of sp³-hybridized carbons (Fsp3) is 0.545. The molecule has 0 saturated carbocycles. The van der Waals surface area contributed by atoms with E-state index in [0.717, 1.165) is 0 Å². The van der Waals surface area contributed by atoms with Crippen LogP contribution in [-0.2, 0) is 4.79 Å². The molecule has 18 heavy (non-hydrogen) atoms. The highest BCUT2D eigenvalue weighted by Gasteiger charge is 2.16. The fourth-order valence-corrected chi connectivity index (χ4v) is 1.84. The average Bonchev–Trinajstić information content (AvgIpc) is 2.34. The Labute approximate surface area is 111 Å². The molecule has 1 heterocycles. The third-order valence-corrected chi connectivity index (χ3v) is 3.04. The summed E-state index contributed by atoms with van der Waals surface area (Å²) < 4.78 is 0. The summed E-state index contributed by atoms with van der Waals surface area (Å²) in [7, 11) is 1.70. The molecule has 1 N–H and O–H groups in total. The van der Waals surface area contributed by atoms with Crippen LogP contribution in [0.2, 0.25) is 5.02 Å². The van der Waals surface area contributed by atoms with Gasteiger partial charge in [0.25, 0.3) is 5.56 Å². The van der Waals surface area contributed by atoms with Crippen LogP contribution in [0.3, 0.4) is 0 Å². The number of aromatic amines is 1. The topological polar surface area (TPSA) is 69.3 Å². The van der Waals surface area contributed by atoms with E-state index in [9.17, 15) is 9.59 Å². The number of aromatic nitrogens is 2. The van der Waals surface area contributed by atoms with E-state index in [1.165, 1.54) is 6.20 Å². The molecule has 0 aliphatic rings. The van der Waals surface area contributed by atoms with Crippen molar-refractivity contribution in [3.63, 3.8) is 0 Å². The van der Waals surface area contributed by atoms with Crippen molar-refractivity contribution in [3.8, 4) is 0 Å². The van der Waals surface area contributed by atoms with Crippen LogP contribution in [0, 0.1) is 0 Å². The second kappa shape index (κ2) is 6.39. The number of carbonyl (C=O) groups is 1. The Balaban J connectivity index is 2.82. The van der Waals surface area contributed by atoms with Gasteiger partial charge in [0.1, 0.15) is 5.02 Å². The van der Waals surface area contributed by atoms with E-state index >= 15 is 0 Å². The van der Waals surface area contributed by atoms with Gasteiger partial charge in [-0.05, 0) is 13.8 Å². The lowest BCUT2D eigenvalue weighted by Crippen LogP contribution is -2.39.